The molecule has 0 fully saturated rings. The van der Waals surface area contributed by atoms with Gasteiger partial charge in [0.05, 0.1) is 11.6 Å². The smallest absolute Gasteiger partial charge is 0.258 e. The first-order valence-electron chi connectivity index (χ1n) is 5.99. The van der Waals surface area contributed by atoms with E-state index in [-0.39, 0.29) is 12.5 Å². The van der Waals surface area contributed by atoms with E-state index < -0.39 is 0 Å². The Bertz CT molecular complexity index is 413. The van der Waals surface area contributed by atoms with Gasteiger partial charge in [0.1, 0.15) is 5.75 Å². The van der Waals surface area contributed by atoms with Gasteiger partial charge >= 0.3 is 0 Å². The number of hydrogen-bond donors (Lipinski definition) is 2. The van der Waals surface area contributed by atoms with Crippen LogP contribution in [0.4, 0.5) is 0 Å². The average molecular weight is 287 g/mol. The summed E-state index contributed by atoms with van der Waals surface area (Å²) in [7, 11) is 3.44. The number of methoxy groups -OCH3 is 1. The zero-order chi connectivity index (χ0) is 14.1. The predicted octanol–water partition coefficient (Wildman–Crippen LogP) is 1.20. The maximum atomic E-state index is 11.4. The second kappa shape index (κ2) is 8.74. The summed E-state index contributed by atoms with van der Waals surface area (Å²) >= 11 is 6.07. The first-order valence-corrected chi connectivity index (χ1v) is 6.36. The quantitative estimate of drug-likeness (QED) is 0.705. The number of benzene rings is 1. The number of amides is 1. The highest BCUT2D eigenvalue weighted by Crippen LogP contribution is 2.25. The predicted molar refractivity (Wildman–Crippen MR) is 74.6 cm³/mol. The number of nitrogens with one attached hydrogen (secondary N) is 2. The van der Waals surface area contributed by atoms with E-state index in [0.29, 0.717) is 23.9 Å². The Hall–Kier alpha value is -1.30. The Morgan fingerprint density at radius 2 is 2.21 bits per heavy atom. The fraction of sp³-hybridized carbons (Fsp3) is 0.462. The SMILES string of the molecule is CNCc1ccc(OCC(=O)NCCOC)c(Cl)c1. The number of carbonyl (C=O) groups is 1. The third-order valence-corrected chi connectivity index (χ3v) is 2.66. The average Bonchev–Trinajstić information content (AvgIpc) is 2.38. The van der Waals surface area contributed by atoms with Crippen LogP contribution in [0.5, 0.6) is 5.75 Å². The van der Waals surface area contributed by atoms with Crippen molar-refractivity contribution in [3.8, 4) is 5.75 Å². The Morgan fingerprint density at radius 3 is 2.84 bits per heavy atom. The van der Waals surface area contributed by atoms with Crippen molar-refractivity contribution in [2.24, 2.45) is 0 Å². The van der Waals surface area contributed by atoms with Crippen LogP contribution in [-0.2, 0) is 16.1 Å². The van der Waals surface area contributed by atoms with E-state index in [2.05, 4.69) is 10.6 Å². The molecule has 0 atom stereocenters. The number of carbonyl (C=O) groups excluding carboxylic acids is 1. The number of rotatable bonds is 8. The van der Waals surface area contributed by atoms with E-state index in [4.69, 9.17) is 21.1 Å². The molecule has 1 amide bonds. The minimum Gasteiger partial charge on any atom is -0.482 e. The molecule has 1 rings (SSSR count). The third kappa shape index (κ3) is 5.92. The molecule has 0 heterocycles. The Labute approximate surface area is 118 Å². The van der Waals surface area contributed by atoms with Crippen LogP contribution in [0.2, 0.25) is 5.02 Å². The van der Waals surface area contributed by atoms with Crippen LogP contribution in [0.3, 0.4) is 0 Å². The van der Waals surface area contributed by atoms with Crippen molar-refractivity contribution in [1.82, 2.24) is 10.6 Å². The van der Waals surface area contributed by atoms with Gasteiger partial charge in [-0.15, -0.1) is 0 Å². The minimum absolute atomic E-state index is 0.0607. The monoisotopic (exact) mass is 286 g/mol. The van der Waals surface area contributed by atoms with E-state index in [0.717, 1.165) is 12.1 Å². The molecule has 0 aliphatic heterocycles. The molecule has 0 bridgehead atoms. The van der Waals surface area contributed by atoms with Gasteiger partial charge in [0.2, 0.25) is 0 Å². The van der Waals surface area contributed by atoms with Gasteiger partial charge in [0.15, 0.2) is 6.61 Å². The molecule has 0 unspecified atom stereocenters. The van der Waals surface area contributed by atoms with Crippen molar-refractivity contribution >= 4 is 17.5 Å². The van der Waals surface area contributed by atoms with E-state index in [1.165, 1.54) is 0 Å². The van der Waals surface area contributed by atoms with Gasteiger partial charge in [-0.05, 0) is 24.7 Å². The third-order valence-electron chi connectivity index (χ3n) is 2.36. The molecule has 0 saturated heterocycles. The van der Waals surface area contributed by atoms with Crippen LogP contribution in [-0.4, -0.2) is 39.8 Å². The molecule has 0 saturated carbocycles. The molecule has 6 heteroatoms. The lowest BCUT2D eigenvalue weighted by molar-refractivity contribution is -0.123. The normalized spacial score (nSPS) is 10.3. The highest BCUT2D eigenvalue weighted by Gasteiger charge is 2.06. The molecule has 0 aliphatic rings. The lowest BCUT2D eigenvalue weighted by atomic mass is 10.2. The largest absolute Gasteiger partial charge is 0.482 e. The van der Waals surface area contributed by atoms with Gasteiger partial charge < -0.3 is 20.1 Å². The summed E-state index contributed by atoms with van der Waals surface area (Å²) in [4.78, 5) is 11.4. The summed E-state index contributed by atoms with van der Waals surface area (Å²) in [6, 6.07) is 5.48. The number of hydrogen-bond acceptors (Lipinski definition) is 4. The van der Waals surface area contributed by atoms with Crippen LogP contribution < -0.4 is 15.4 Å². The van der Waals surface area contributed by atoms with Gasteiger partial charge in [-0.25, -0.2) is 0 Å². The molecular formula is C13H19ClN2O3. The zero-order valence-electron chi connectivity index (χ0n) is 11.2. The van der Waals surface area contributed by atoms with Gasteiger partial charge in [-0.3, -0.25) is 4.79 Å². The summed E-state index contributed by atoms with van der Waals surface area (Å²) in [5.74, 6) is 0.302. The highest BCUT2D eigenvalue weighted by atomic mass is 35.5. The molecule has 5 nitrogen and oxygen atoms in total. The van der Waals surface area contributed by atoms with Crippen LogP contribution in [0.25, 0.3) is 0 Å². The Balaban J connectivity index is 2.42. The summed E-state index contributed by atoms with van der Waals surface area (Å²) in [5.41, 5.74) is 1.06. The minimum atomic E-state index is -0.201. The number of halogens is 1. The first-order chi connectivity index (χ1) is 9.17. The van der Waals surface area contributed by atoms with Crippen LogP contribution in [0.1, 0.15) is 5.56 Å². The second-order valence-electron chi connectivity index (χ2n) is 3.93. The van der Waals surface area contributed by atoms with Crippen molar-refractivity contribution in [2.45, 2.75) is 6.54 Å². The molecule has 0 spiro atoms. The van der Waals surface area contributed by atoms with E-state index >= 15 is 0 Å². The van der Waals surface area contributed by atoms with Gasteiger partial charge in [-0.1, -0.05) is 17.7 Å². The fourth-order valence-electron chi connectivity index (χ4n) is 1.46. The van der Waals surface area contributed by atoms with Crippen molar-refractivity contribution in [3.05, 3.63) is 28.8 Å². The van der Waals surface area contributed by atoms with Gasteiger partial charge in [0.25, 0.3) is 5.91 Å². The second-order valence-corrected chi connectivity index (χ2v) is 4.33. The van der Waals surface area contributed by atoms with Gasteiger partial charge in [-0.2, -0.15) is 0 Å². The topological polar surface area (TPSA) is 59.6 Å². The maximum Gasteiger partial charge on any atom is 0.258 e. The highest BCUT2D eigenvalue weighted by molar-refractivity contribution is 6.32. The van der Waals surface area contributed by atoms with Crippen molar-refractivity contribution in [3.63, 3.8) is 0 Å². The Kier molecular flexibility index (Phi) is 7.25. The van der Waals surface area contributed by atoms with Crippen LogP contribution in [0, 0.1) is 0 Å². The summed E-state index contributed by atoms with van der Waals surface area (Å²) < 4.78 is 10.2. The lowest BCUT2D eigenvalue weighted by Gasteiger charge is -2.09. The van der Waals surface area contributed by atoms with Crippen molar-refractivity contribution < 1.29 is 14.3 Å². The maximum absolute atomic E-state index is 11.4. The van der Waals surface area contributed by atoms with E-state index in [1.54, 1.807) is 13.2 Å². The molecule has 1 aromatic rings. The summed E-state index contributed by atoms with van der Waals surface area (Å²) in [6.45, 7) is 1.62. The molecular weight excluding hydrogens is 268 g/mol. The van der Waals surface area contributed by atoms with E-state index in [1.807, 2.05) is 19.2 Å². The lowest BCUT2D eigenvalue weighted by Crippen LogP contribution is -2.31. The molecule has 0 radical (unpaired) electrons. The van der Waals surface area contributed by atoms with E-state index in [9.17, 15) is 4.79 Å². The van der Waals surface area contributed by atoms with Crippen molar-refractivity contribution in [2.75, 3.05) is 33.9 Å². The zero-order valence-corrected chi connectivity index (χ0v) is 11.9. The standard InChI is InChI=1S/C13H19ClN2O3/c1-15-8-10-3-4-12(11(14)7-10)19-9-13(17)16-5-6-18-2/h3-4,7,15H,5-6,8-9H2,1-2H3,(H,16,17). The molecule has 2 N–H and O–H groups in total. The van der Waals surface area contributed by atoms with Crippen molar-refractivity contribution in [1.29, 1.82) is 0 Å². The molecule has 0 aliphatic carbocycles. The molecule has 19 heavy (non-hydrogen) atoms. The summed E-state index contributed by atoms with van der Waals surface area (Å²) in [6.07, 6.45) is 0. The molecule has 1 aromatic carbocycles. The van der Waals surface area contributed by atoms with Crippen LogP contribution in [0.15, 0.2) is 18.2 Å². The first kappa shape index (κ1) is 15.8. The Morgan fingerprint density at radius 1 is 1.42 bits per heavy atom. The number of ether oxygens (including phenoxy) is 2. The van der Waals surface area contributed by atoms with Gasteiger partial charge in [0, 0.05) is 20.2 Å². The summed E-state index contributed by atoms with van der Waals surface area (Å²) in [5, 5.41) is 6.19. The fourth-order valence-corrected chi connectivity index (χ4v) is 1.72. The molecule has 0 aromatic heterocycles. The molecule has 106 valence electrons. The van der Waals surface area contributed by atoms with Crippen LogP contribution >= 0.6 is 11.6 Å².